The lowest BCUT2D eigenvalue weighted by Crippen LogP contribution is -2.41. The minimum atomic E-state index is 0.189. The maximum Gasteiger partial charge on any atom is 0.227 e. The molecule has 0 bridgehead atoms. The van der Waals surface area contributed by atoms with Crippen LogP contribution in [-0.4, -0.2) is 43.6 Å². The van der Waals surface area contributed by atoms with Crippen molar-refractivity contribution >= 4 is 5.91 Å². The molecule has 0 spiro atoms. The van der Waals surface area contributed by atoms with E-state index in [2.05, 4.69) is 5.32 Å². The minimum Gasteiger partial charge on any atom is -0.497 e. The molecule has 1 fully saturated rings. The van der Waals surface area contributed by atoms with Gasteiger partial charge < -0.3 is 15.0 Å². The van der Waals surface area contributed by atoms with E-state index >= 15 is 0 Å². The fraction of sp³-hybridized carbons (Fsp3) is 0.562. The van der Waals surface area contributed by atoms with Gasteiger partial charge in [-0.1, -0.05) is 12.1 Å². The van der Waals surface area contributed by atoms with Crippen LogP contribution in [0.25, 0.3) is 0 Å². The van der Waals surface area contributed by atoms with Crippen molar-refractivity contribution in [2.24, 2.45) is 0 Å². The van der Waals surface area contributed by atoms with Gasteiger partial charge in [0.25, 0.3) is 0 Å². The van der Waals surface area contributed by atoms with Crippen LogP contribution < -0.4 is 10.1 Å². The number of hydrogen-bond acceptors (Lipinski definition) is 3. The molecule has 1 N–H and O–H groups in total. The van der Waals surface area contributed by atoms with Gasteiger partial charge in [0, 0.05) is 19.1 Å². The molecule has 1 atom stereocenters. The van der Waals surface area contributed by atoms with E-state index in [-0.39, 0.29) is 5.91 Å². The Morgan fingerprint density at radius 3 is 3.00 bits per heavy atom. The Hall–Kier alpha value is -1.55. The number of amides is 1. The van der Waals surface area contributed by atoms with Gasteiger partial charge in [-0.3, -0.25) is 4.79 Å². The monoisotopic (exact) mass is 276 g/mol. The topological polar surface area (TPSA) is 41.6 Å². The first kappa shape index (κ1) is 14.9. The highest BCUT2D eigenvalue weighted by atomic mass is 16.5. The second kappa shape index (κ2) is 7.29. The van der Waals surface area contributed by atoms with Gasteiger partial charge in [0.2, 0.25) is 5.91 Å². The zero-order chi connectivity index (χ0) is 14.4. The number of nitrogens with one attached hydrogen (secondary N) is 1. The van der Waals surface area contributed by atoms with E-state index < -0.39 is 0 Å². The fourth-order valence-electron chi connectivity index (χ4n) is 2.65. The third-order valence-electron chi connectivity index (χ3n) is 3.83. The molecule has 0 aliphatic carbocycles. The predicted molar refractivity (Wildman–Crippen MR) is 80.0 cm³/mol. The Labute approximate surface area is 121 Å². The first-order chi connectivity index (χ1) is 9.72. The zero-order valence-corrected chi connectivity index (χ0v) is 12.4. The summed E-state index contributed by atoms with van der Waals surface area (Å²) in [6.45, 7) is 4.70. The lowest BCUT2D eigenvalue weighted by atomic mass is 10.1. The summed E-state index contributed by atoms with van der Waals surface area (Å²) in [6.07, 6.45) is 2.83. The van der Waals surface area contributed by atoms with Gasteiger partial charge >= 0.3 is 0 Å². The molecule has 1 saturated heterocycles. The van der Waals surface area contributed by atoms with Crippen molar-refractivity contribution < 1.29 is 9.53 Å². The van der Waals surface area contributed by atoms with Crippen molar-refractivity contribution in [3.05, 3.63) is 29.8 Å². The summed E-state index contributed by atoms with van der Waals surface area (Å²) in [6, 6.07) is 8.19. The van der Waals surface area contributed by atoms with Crippen LogP contribution in [-0.2, 0) is 11.2 Å². The Morgan fingerprint density at radius 2 is 2.35 bits per heavy atom. The van der Waals surface area contributed by atoms with E-state index in [0.717, 1.165) is 30.9 Å². The van der Waals surface area contributed by atoms with Crippen LogP contribution >= 0.6 is 0 Å². The number of likely N-dealkylation sites (N-methyl/N-ethyl adjacent to an activating group) is 1. The van der Waals surface area contributed by atoms with Crippen molar-refractivity contribution in [2.75, 3.05) is 26.7 Å². The summed E-state index contributed by atoms with van der Waals surface area (Å²) >= 11 is 0. The first-order valence-electron chi connectivity index (χ1n) is 7.37. The van der Waals surface area contributed by atoms with E-state index in [1.807, 2.05) is 36.1 Å². The van der Waals surface area contributed by atoms with E-state index in [9.17, 15) is 4.79 Å². The molecule has 1 amide bonds. The number of rotatable bonds is 6. The second-order valence-electron chi connectivity index (χ2n) is 5.25. The summed E-state index contributed by atoms with van der Waals surface area (Å²) in [7, 11) is 1.64. The van der Waals surface area contributed by atoms with E-state index in [4.69, 9.17) is 4.74 Å². The molecule has 0 radical (unpaired) electrons. The molecule has 4 heteroatoms. The van der Waals surface area contributed by atoms with E-state index in [1.165, 1.54) is 12.8 Å². The van der Waals surface area contributed by atoms with Gasteiger partial charge in [0.05, 0.1) is 13.5 Å². The van der Waals surface area contributed by atoms with Gasteiger partial charge in [-0.05, 0) is 44.0 Å². The largest absolute Gasteiger partial charge is 0.497 e. The number of benzene rings is 1. The third-order valence-corrected chi connectivity index (χ3v) is 3.83. The fourth-order valence-corrected chi connectivity index (χ4v) is 2.65. The van der Waals surface area contributed by atoms with Crippen molar-refractivity contribution in [2.45, 2.75) is 32.2 Å². The SMILES string of the molecule is CCN(CC1CCCN1)C(=O)Cc1cccc(OC)c1. The van der Waals surface area contributed by atoms with E-state index in [0.29, 0.717) is 12.5 Å². The number of methoxy groups -OCH3 is 1. The number of carbonyl (C=O) groups is 1. The standard InChI is InChI=1S/C16H24N2O2/c1-3-18(12-14-7-5-9-17-14)16(19)11-13-6-4-8-15(10-13)20-2/h4,6,8,10,14,17H,3,5,7,9,11-12H2,1-2H3. The van der Waals surface area contributed by atoms with Crippen LogP contribution in [0.5, 0.6) is 5.75 Å². The maximum absolute atomic E-state index is 12.4. The van der Waals surface area contributed by atoms with Gasteiger partial charge in [0.1, 0.15) is 5.75 Å². The molecule has 0 aromatic heterocycles. The molecule has 1 unspecified atom stereocenters. The lowest BCUT2D eigenvalue weighted by Gasteiger charge is -2.24. The van der Waals surface area contributed by atoms with Gasteiger partial charge in [-0.2, -0.15) is 0 Å². The normalized spacial score (nSPS) is 18.0. The third kappa shape index (κ3) is 3.97. The van der Waals surface area contributed by atoms with Gasteiger partial charge in [0.15, 0.2) is 0 Å². The summed E-state index contributed by atoms with van der Waals surface area (Å²) in [5, 5.41) is 3.44. The Morgan fingerprint density at radius 1 is 1.50 bits per heavy atom. The average Bonchev–Trinajstić information content (AvgIpc) is 2.97. The Balaban J connectivity index is 1.93. The van der Waals surface area contributed by atoms with Crippen LogP contribution in [0.15, 0.2) is 24.3 Å². The van der Waals surface area contributed by atoms with Crippen LogP contribution in [0, 0.1) is 0 Å². The summed E-state index contributed by atoms with van der Waals surface area (Å²) in [5.74, 6) is 0.991. The molecule has 1 aromatic carbocycles. The molecular formula is C16H24N2O2. The van der Waals surface area contributed by atoms with Crippen molar-refractivity contribution in [3.63, 3.8) is 0 Å². The zero-order valence-electron chi connectivity index (χ0n) is 12.4. The Kier molecular flexibility index (Phi) is 5.41. The average molecular weight is 276 g/mol. The minimum absolute atomic E-state index is 0.189. The quantitative estimate of drug-likeness (QED) is 0.862. The van der Waals surface area contributed by atoms with Crippen LogP contribution in [0.4, 0.5) is 0 Å². The molecule has 0 saturated carbocycles. The molecular weight excluding hydrogens is 252 g/mol. The summed E-state index contributed by atoms with van der Waals surface area (Å²) < 4.78 is 5.20. The van der Waals surface area contributed by atoms with Crippen molar-refractivity contribution in [3.8, 4) is 5.75 Å². The maximum atomic E-state index is 12.4. The highest BCUT2D eigenvalue weighted by Crippen LogP contribution is 2.14. The summed E-state index contributed by atoms with van der Waals surface area (Å²) in [4.78, 5) is 14.3. The smallest absolute Gasteiger partial charge is 0.227 e. The Bertz CT molecular complexity index is 442. The van der Waals surface area contributed by atoms with Crippen molar-refractivity contribution in [1.29, 1.82) is 0 Å². The lowest BCUT2D eigenvalue weighted by molar-refractivity contribution is -0.130. The van der Waals surface area contributed by atoms with Gasteiger partial charge in [-0.15, -0.1) is 0 Å². The molecule has 20 heavy (non-hydrogen) atoms. The van der Waals surface area contributed by atoms with Crippen LogP contribution in [0.2, 0.25) is 0 Å². The molecule has 2 rings (SSSR count). The molecule has 1 aromatic rings. The molecule has 1 aliphatic rings. The second-order valence-corrected chi connectivity index (χ2v) is 5.25. The highest BCUT2D eigenvalue weighted by molar-refractivity contribution is 5.78. The van der Waals surface area contributed by atoms with Gasteiger partial charge in [-0.25, -0.2) is 0 Å². The summed E-state index contributed by atoms with van der Waals surface area (Å²) in [5.41, 5.74) is 1.01. The number of hydrogen-bond donors (Lipinski definition) is 1. The molecule has 110 valence electrons. The van der Waals surface area contributed by atoms with Crippen LogP contribution in [0.1, 0.15) is 25.3 Å². The van der Waals surface area contributed by atoms with E-state index in [1.54, 1.807) is 7.11 Å². The molecule has 1 heterocycles. The highest BCUT2D eigenvalue weighted by Gasteiger charge is 2.20. The molecule has 1 aliphatic heterocycles. The predicted octanol–water partition coefficient (Wildman–Crippen LogP) is 1.84. The number of ether oxygens (including phenoxy) is 1. The van der Waals surface area contributed by atoms with Crippen molar-refractivity contribution in [1.82, 2.24) is 10.2 Å². The number of carbonyl (C=O) groups excluding carboxylic acids is 1. The molecule has 4 nitrogen and oxygen atoms in total. The number of nitrogens with zero attached hydrogens (tertiary/aromatic N) is 1. The van der Waals surface area contributed by atoms with Crippen LogP contribution in [0.3, 0.4) is 0 Å². The first-order valence-corrected chi connectivity index (χ1v) is 7.37.